The minimum Gasteiger partial charge on any atom is -0.457 e. The summed E-state index contributed by atoms with van der Waals surface area (Å²) >= 11 is 9.45. The Bertz CT molecular complexity index is 570. The Kier molecular flexibility index (Phi) is 4.27. The number of ether oxygens (including phenoxy) is 1. The molecular formula is C14H12BrClO2. The molecule has 2 aromatic rings. The van der Waals surface area contributed by atoms with Crippen LogP contribution in [0.3, 0.4) is 0 Å². The summed E-state index contributed by atoms with van der Waals surface area (Å²) in [5, 5.41) is 9.54. The lowest BCUT2D eigenvalue weighted by atomic mass is 10.2. The van der Waals surface area contributed by atoms with Crippen LogP contribution in [0, 0.1) is 6.92 Å². The molecule has 94 valence electrons. The molecule has 0 unspecified atom stereocenters. The molecule has 0 aliphatic rings. The van der Waals surface area contributed by atoms with E-state index in [1.807, 2.05) is 25.1 Å². The molecule has 0 bridgehead atoms. The van der Waals surface area contributed by atoms with Crippen LogP contribution in [0.2, 0.25) is 5.02 Å². The second-order valence-electron chi connectivity index (χ2n) is 3.92. The normalized spacial score (nSPS) is 10.4. The Morgan fingerprint density at radius 1 is 1.17 bits per heavy atom. The van der Waals surface area contributed by atoms with Crippen LogP contribution >= 0.6 is 27.5 Å². The molecular weight excluding hydrogens is 316 g/mol. The highest BCUT2D eigenvalue weighted by Crippen LogP contribution is 2.29. The number of aliphatic hydroxyl groups excluding tert-OH is 1. The van der Waals surface area contributed by atoms with Crippen LogP contribution in [0.4, 0.5) is 0 Å². The van der Waals surface area contributed by atoms with Crippen LogP contribution in [-0.2, 0) is 6.61 Å². The first-order valence-corrected chi connectivity index (χ1v) is 6.60. The van der Waals surface area contributed by atoms with E-state index in [0.717, 1.165) is 15.8 Å². The van der Waals surface area contributed by atoms with Crippen LogP contribution < -0.4 is 4.74 Å². The van der Waals surface area contributed by atoms with Crippen LogP contribution in [0.1, 0.15) is 11.1 Å². The topological polar surface area (TPSA) is 29.5 Å². The monoisotopic (exact) mass is 326 g/mol. The van der Waals surface area contributed by atoms with Gasteiger partial charge in [-0.05, 0) is 48.4 Å². The standard InChI is InChI=1S/C14H12BrClO2/c1-9-6-11(4-5-13(9)15)18-12-3-2-10(8-17)14(16)7-12/h2-7,17H,8H2,1H3. The lowest BCUT2D eigenvalue weighted by Gasteiger charge is -2.09. The Labute approximate surface area is 119 Å². The van der Waals surface area contributed by atoms with E-state index in [2.05, 4.69) is 15.9 Å². The fraction of sp³-hybridized carbons (Fsp3) is 0.143. The molecule has 4 heteroatoms. The van der Waals surface area contributed by atoms with Gasteiger partial charge in [0.1, 0.15) is 11.5 Å². The van der Waals surface area contributed by atoms with Gasteiger partial charge in [0.05, 0.1) is 6.61 Å². The third-order valence-electron chi connectivity index (χ3n) is 2.56. The van der Waals surface area contributed by atoms with Crippen molar-refractivity contribution < 1.29 is 9.84 Å². The lowest BCUT2D eigenvalue weighted by molar-refractivity contribution is 0.282. The summed E-state index contributed by atoms with van der Waals surface area (Å²) in [6, 6.07) is 11.0. The Morgan fingerprint density at radius 3 is 2.44 bits per heavy atom. The van der Waals surface area contributed by atoms with Crippen LogP contribution in [0.25, 0.3) is 0 Å². The predicted octanol–water partition coefficient (Wildman–Crippen LogP) is 4.70. The first-order chi connectivity index (χ1) is 8.60. The summed E-state index contributed by atoms with van der Waals surface area (Å²) in [6.45, 7) is 1.93. The zero-order valence-corrected chi connectivity index (χ0v) is 12.1. The van der Waals surface area contributed by atoms with E-state index < -0.39 is 0 Å². The van der Waals surface area contributed by atoms with Crippen LogP contribution in [0.15, 0.2) is 40.9 Å². The van der Waals surface area contributed by atoms with Gasteiger partial charge in [-0.3, -0.25) is 0 Å². The van der Waals surface area contributed by atoms with Crippen LogP contribution in [-0.4, -0.2) is 5.11 Å². The summed E-state index contributed by atoms with van der Waals surface area (Å²) in [5.74, 6) is 1.41. The second-order valence-corrected chi connectivity index (χ2v) is 5.19. The van der Waals surface area contributed by atoms with E-state index in [4.69, 9.17) is 21.4 Å². The maximum absolute atomic E-state index is 9.04. The third kappa shape index (κ3) is 3.05. The lowest BCUT2D eigenvalue weighted by Crippen LogP contribution is -1.89. The van der Waals surface area contributed by atoms with Crippen molar-refractivity contribution in [2.45, 2.75) is 13.5 Å². The van der Waals surface area contributed by atoms with Crippen molar-refractivity contribution in [2.75, 3.05) is 0 Å². The molecule has 18 heavy (non-hydrogen) atoms. The number of halogens is 2. The molecule has 2 nitrogen and oxygen atoms in total. The molecule has 0 amide bonds. The fourth-order valence-electron chi connectivity index (χ4n) is 1.54. The van der Waals surface area contributed by atoms with E-state index in [0.29, 0.717) is 16.3 Å². The van der Waals surface area contributed by atoms with Gasteiger partial charge >= 0.3 is 0 Å². The van der Waals surface area contributed by atoms with Crippen molar-refractivity contribution in [3.63, 3.8) is 0 Å². The van der Waals surface area contributed by atoms with Crippen molar-refractivity contribution >= 4 is 27.5 Å². The molecule has 0 saturated carbocycles. The first kappa shape index (κ1) is 13.4. The average Bonchev–Trinajstić information content (AvgIpc) is 2.34. The van der Waals surface area contributed by atoms with Gasteiger partial charge < -0.3 is 9.84 Å². The summed E-state index contributed by atoms with van der Waals surface area (Å²) in [6.07, 6.45) is 0. The molecule has 0 aliphatic carbocycles. The van der Waals surface area contributed by atoms with Crippen LogP contribution in [0.5, 0.6) is 11.5 Å². The molecule has 2 rings (SSSR count). The predicted molar refractivity (Wildman–Crippen MR) is 76.3 cm³/mol. The van der Waals surface area contributed by atoms with Crippen molar-refractivity contribution in [3.8, 4) is 11.5 Å². The average molecular weight is 328 g/mol. The highest BCUT2D eigenvalue weighted by atomic mass is 79.9. The van der Waals surface area contributed by atoms with Crippen molar-refractivity contribution in [1.82, 2.24) is 0 Å². The van der Waals surface area contributed by atoms with Crippen molar-refractivity contribution in [3.05, 3.63) is 57.0 Å². The molecule has 0 fully saturated rings. The van der Waals surface area contributed by atoms with Gasteiger partial charge in [0.25, 0.3) is 0 Å². The highest BCUT2D eigenvalue weighted by Gasteiger charge is 2.04. The number of hydrogen-bond acceptors (Lipinski definition) is 2. The molecule has 0 saturated heterocycles. The zero-order chi connectivity index (χ0) is 13.1. The Hall–Kier alpha value is -1.03. The Balaban J connectivity index is 2.23. The van der Waals surface area contributed by atoms with E-state index in [9.17, 15) is 0 Å². The molecule has 2 aromatic carbocycles. The van der Waals surface area contributed by atoms with Gasteiger partial charge in [0.2, 0.25) is 0 Å². The van der Waals surface area contributed by atoms with Gasteiger partial charge in [-0.1, -0.05) is 33.6 Å². The second kappa shape index (κ2) is 5.74. The molecule has 0 radical (unpaired) electrons. The van der Waals surface area contributed by atoms with Gasteiger partial charge in [-0.2, -0.15) is 0 Å². The molecule has 0 heterocycles. The molecule has 0 aromatic heterocycles. The van der Waals surface area contributed by atoms with Crippen molar-refractivity contribution in [1.29, 1.82) is 0 Å². The smallest absolute Gasteiger partial charge is 0.128 e. The van der Waals surface area contributed by atoms with Gasteiger partial charge in [0.15, 0.2) is 0 Å². The minimum atomic E-state index is -0.0729. The number of benzene rings is 2. The van der Waals surface area contributed by atoms with Crippen molar-refractivity contribution in [2.24, 2.45) is 0 Å². The number of hydrogen-bond donors (Lipinski definition) is 1. The maximum Gasteiger partial charge on any atom is 0.128 e. The number of aryl methyl sites for hydroxylation is 1. The molecule has 0 aliphatic heterocycles. The number of aliphatic hydroxyl groups is 1. The summed E-state index contributed by atoms with van der Waals surface area (Å²) in [7, 11) is 0. The van der Waals surface area contributed by atoms with E-state index in [1.165, 1.54) is 0 Å². The summed E-state index contributed by atoms with van der Waals surface area (Å²) in [4.78, 5) is 0. The van der Waals surface area contributed by atoms with E-state index in [1.54, 1.807) is 18.2 Å². The van der Waals surface area contributed by atoms with Gasteiger partial charge in [-0.15, -0.1) is 0 Å². The summed E-state index contributed by atoms with van der Waals surface area (Å²) in [5.41, 5.74) is 1.79. The third-order valence-corrected chi connectivity index (χ3v) is 3.80. The molecule has 1 N–H and O–H groups in total. The summed E-state index contributed by atoms with van der Waals surface area (Å²) < 4.78 is 6.75. The molecule has 0 spiro atoms. The largest absolute Gasteiger partial charge is 0.457 e. The SMILES string of the molecule is Cc1cc(Oc2ccc(CO)c(Cl)c2)ccc1Br. The van der Waals surface area contributed by atoms with Gasteiger partial charge in [-0.25, -0.2) is 0 Å². The minimum absolute atomic E-state index is 0.0729. The Morgan fingerprint density at radius 2 is 1.83 bits per heavy atom. The van der Waals surface area contributed by atoms with E-state index >= 15 is 0 Å². The first-order valence-electron chi connectivity index (χ1n) is 5.43. The zero-order valence-electron chi connectivity index (χ0n) is 9.78. The highest BCUT2D eigenvalue weighted by molar-refractivity contribution is 9.10. The van der Waals surface area contributed by atoms with Gasteiger partial charge in [0, 0.05) is 9.50 Å². The number of rotatable bonds is 3. The quantitative estimate of drug-likeness (QED) is 0.885. The fourth-order valence-corrected chi connectivity index (χ4v) is 2.01. The van der Waals surface area contributed by atoms with E-state index in [-0.39, 0.29) is 6.61 Å². The molecule has 0 atom stereocenters. The maximum atomic E-state index is 9.04.